The lowest BCUT2D eigenvalue weighted by atomic mass is 10.0. The molecule has 1 aliphatic heterocycles. The van der Waals surface area contributed by atoms with Crippen molar-refractivity contribution < 1.29 is 0 Å². The lowest BCUT2D eigenvalue weighted by Gasteiger charge is -2.47. The van der Waals surface area contributed by atoms with Crippen LogP contribution in [-0.2, 0) is 0 Å². The zero-order chi connectivity index (χ0) is 12.3. The zero-order valence-corrected chi connectivity index (χ0v) is 11.6. The monoisotopic (exact) mass is 239 g/mol. The van der Waals surface area contributed by atoms with E-state index in [1.807, 2.05) is 0 Å². The van der Waals surface area contributed by atoms with Crippen molar-refractivity contribution in [1.82, 2.24) is 9.80 Å². The van der Waals surface area contributed by atoms with Crippen molar-refractivity contribution in [3.05, 3.63) is 0 Å². The lowest BCUT2D eigenvalue weighted by Crippen LogP contribution is -2.60. The first kappa shape index (κ1) is 13.3. The molecule has 2 unspecified atom stereocenters. The van der Waals surface area contributed by atoms with Crippen LogP contribution in [0.15, 0.2) is 0 Å². The first-order chi connectivity index (χ1) is 8.22. The molecule has 1 aliphatic carbocycles. The minimum Gasteiger partial charge on any atom is -0.329 e. The summed E-state index contributed by atoms with van der Waals surface area (Å²) in [6, 6.07) is 2.09. The highest BCUT2D eigenvalue weighted by molar-refractivity contribution is 4.89. The van der Waals surface area contributed by atoms with Gasteiger partial charge in [-0.1, -0.05) is 25.7 Å². The third-order valence-corrected chi connectivity index (χ3v) is 4.73. The molecule has 17 heavy (non-hydrogen) atoms. The average molecular weight is 239 g/mol. The van der Waals surface area contributed by atoms with E-state index in [1.165, 1.54) is 51.6 Å². The summed E-state index contributed by atoms with van der Waals surface area (Å²) in [5, 5.41) is 0. The van der Waals surface area contributed by atoms with Gasteiger partial charge in [0.2, 0.25) is 0 Å². The minimum atomic E-state index is 0.564. The molecule has 3 heteroatoms. The summed E-state index contributed by atoms with van der Waals surface area (Å²) in [5.41, 5.74) is 5.89. The van der Waals surface area contributed by atoms with E-state index in [9.17, 15) is 0 Å². The van der Waals surface area contributed by atoms with E-state index in [0.29, 0.717) is 12.1 Å². The van der Waals surface area contributed by atoms with Crippen molar-refractivity contribution in [3.63, 3.8) is 0 Å². The van der Waals surface area contributed by atoms with E-state index in [0.717, 1.165) is 12.6 Å². The SMILES string of the molecule is CC1CN(C)C(CN)CN1C1CCCCCC1. The molecule has 0 aromatic carbocycles. The number of nitrogens with zero attached hydrogens (tertiary/aromatic N) is 2. The van der Waals surface area contributed by atoms with Gasteiger partial charge >= 0.3 is 0 Å². The van der Waals surface area contributed by atoms with Crippen LogP contribution in [0.1, 0.15) is 45.4 Å². The van der Waals surface area contributed by atoms with Crippen molar-refractivity contribution in [2.24, 2.45) is 5.73 Å². The van der Waals surface area contributed by atoms with Gasteiger partial charge in [0.05, 0.1) is 0 Å². The van der Waals surface area contributed by atoms with Crippen LogP contribution in [0, 0.1) is 0 Å². The first-order valence-corrected chi connectivity index (χ1v) is 7.38. The molecule has 2 N–H and O–H groups in total. The van der Waals surface area contributed by atoms with Crippen LogP contribution < -0.4 is 5.73 Å². The van der Waals surface area contributed by atoms with Crippen LogP contribution in [0.2, 0.25) is 0 Å². The molecule has 2 fully saturated rings. The van der Waals surface area contributed by atoms with Gasteiger partial charge in [0, 0.05) is 37.8 Å². The van der Waals surface area contributed by atoms with E-state index in [1.54, 1.807) is 0 Å². The Hall–Kier alpha value is -0.120. The van der Waals surface area contributed by atoms with Gasteiger partial charge in [-0.2, -0.15) is 0 Å². The number of likely N-dealkylation sites (N-methyl/N-ethyl adjacent to an activating group) is 1. The molecule has 100 valence electrons. The van der Waals surface area contributed by atoms with Crippen molar-refractivity contribution >= 4 is 0 Å². The van der Waals surface area contributed by atoms with Gasteiger partial charge in [-0.05, 0) is 26.8 Å². The van der Waals surface area contributed by atoms with Gasteiger partial charge in [-0.15, -0.1) is 0 Å². The van der Waals surface area contributed by atoms with Crippen molar-refractivity contribution in [2.45, 2.75) is 63.6 Å². The molecule has 1 saturated heterocycles. The molecule has 0 aromatic rings. The van der Waals surface area contributed by atoms with E-state index in [4.69, 9.17) is 5.73 Å². The molecular weight excluding hydrogens is 210 g/mol. The Balaban J connectivity index is 1.97. The predicted octanol–water partition coefficient (Wildman–Crippen LogP) is 1.67. The quantitative estimate of drug-likeness (QED) is 0.744. The van der Waals surface area contributed by atoms with Gasteiger partial charge in [0.1, 0.15) is 0 Å². The summed E-state index contributed by atoms with van der Waals surface area (Å²) in [6.07, 6.45) is 8.56. The Morgan fingerprint density at radius 3 is 2.29 bits per heavy atom. The Morgan fingerprint density at radius 2 is 1.71 bits per heavy atom. The summed E-state index contributed by atoms with van der Waals surface area (Å²) in [6.45, 7) is 5.54. The Kier molecular flexibility index (Phi) is 4.83. The van der Waals surface area contributed by atoms with Gasteiger partial charge < -0.3 is 5.73 Å². The number of piperazine rings is 1. The van der Waals surface area contributed by atoms with Crippen molar-refractivity contribution in [2.75, 3.05) is 26.7 Å². The molecule has 2 atom stereocenters. The summed E-state index contributed by atoms with van der Waals surface area (Å²) in [7, 11) is 2.22. The van der Waals surface area contributed by atoms with Crippen LogP contribution >= 0.6 is 0 Å². The molecule has 1 saturated carbocycles. The maximum absolute atomic E-state index is 5.89. The molecule has 0 radical (unpaired) electrons. The third kappa shape index (κ3) is 3.21. The average Bonchev–Trinajstić information content (AvgIpc) is 2.58. The Labute approximate surface area is 106 Å². The Bertz CT molecular complexity index is 224. The molecule has 1 heterocycles. The van der Waals surface area contributed by atoms with Gasteiger partial charge in [0.15, 0.2) is 0 Å². The van der Waals surface area contributed by atoms with E-state index in [-0.39, 0.29) is 0 Å². The van der Waals surface area contributed by atoms with Crippen LogP contribution in [0.25, 0.3) is 0 Å². The fourth-order valence-electron chi connectivity index (χ4n) is 3.59. The molecular formula is C14H29N3. The van der Waals surface area contributed by atoms with Crippen LogP contribution in [-0.4, -0.2) is 54.6 Å². The standard InChI is InChI=1S/C14H29N3/c1-12-10-16(2)14(9-15)11-17(12)13-7-5-3-4-6-8-13/h12-14H,3-11,15H2,1-2H3. The molecule has 0 bridgehead atoms. The van der Waals surface area contributed by atoms with Crippen LogP contribution in [0.5, 0.6) is 0 Å². The highest BCUT2D eigenvalue weighted by atomic mass is 15.3. The fraction of sp³-hybridized carbons (Fsp3) is 1.00. The Morgan fingerprint density at radius 1 is 1.06 bits per heavy atom. The van der Waals surface area contributed by atoms with Crippen LogP contribution in [0.4, 0.5) is 0 Å². The predicted molar refractivity (Wildman–Crippen MR) is 73.1 cm³/mol. The van der Waals surface area contributed by atoms with Gasteiger partial charge in [0.25, 0.3) is 0 Å². The molecule has 0 spiro atoms. The third-order valence-electron chi connectivity index (χ3n) is 4.73. The molecule has 2 rings (SSSR count). The maximum Gasteiger partial charge on any atom is 0.0343 e. The highest BCUT2D eigenvalue weighted by Crippen LogP contribution is 2.26. The maximum atomic E-state index is 5.89. The smallest absolute Gasteiger partial charge is 0.0343 e. The van der Waals surface area contributed by atoms with E-state index in [2.05, 4.69) is 23.8 Å². The first-order valence-electron chi connectivity index (χ1n) is 7.38. The summed E-state index contributed by atoms with van der Waals surface area (Å²) in [5.74, 6) is 0. The lowest BCUT2D eigenvalue weighted by molar-refractivity contribution is 0.0202. The summed E-state index contributed by atoms with van der Waals surface area (Å²) in [4.78, 5) is 5.20. The molecule has 2 aliphatic rings. The molecule has 3 nitrogen and oxygen atoms in total. The number of rotatable bonds is 2. The second-order valence-electron chi connectivity index (χ2n) is 6.02. The fourth-order valence-corrected chi connectivity index (χ4v) is 3.59. The van der Waals surface area contributed by atoms with E-state index < -0.39 is 0 Å². The zero-order valence-electron chi connectivity index (χ0n) is 11.6. The van der Waals surface area contributed by atoms with Gasteiger partial charge in [-0.25, -0.2) is 0 Å². The second kappa shape index (κ2) is 6.17. The second-order valence-corrected chi connectivity index (χ2v) is 6.02. The minimum absolute atomic E-state index is 0.564. The molecule has 0 aromatic heterocycles. The number of hydrogen-bond acceptors (Lipinski definition) is 3. The normalized spacial score (nSPS) is 34.8. The highest BCUT2D eigenvalue weighted by Gasteiger charge is 2.32. The summed E-state index contributed by atoms with van der Waals surface area (Å²) < 4.78 is 0. The molecule has 0 amide bonds. The largest absolute Gasteiger partial charge is 0.329 e. The number of hydrogen-bond donors (Lipinski definition) is 1. The van der Waals surface area contributed by atoms with E-state index >= 15 is 0 Å². The number of nitrogens with two attached hydrogens (primary N) is 1. The summed E-state index contributed by atoms with van der Waals surface area (Å²) >= 11 is 0. The van der Waals surface area contributed by atoms with Gasteiger partial charge in [-0.3, -0.25) is 9.80 Å². The van der Waals surface area contributed by atoms with Crippen molar-refractivity contribution in [3.8, 4) is 0 Å². The van der Waals surface area contributed by atoms with Crippen LogP contribution in [0.3, 0.4) is 0 Å². The topological polar surface area (TPSA) is 32.5 Å². The van der Waals surface area contributed by atoms with Crippen molar-refractivity contribution in [1.29, 1.82) is 0 Å².